The molecule has 2 aromatic carbocycles. The van der Waals surface area contributed by atoms with Gasteiger partial charge in [0.25, 0.3) is 0 Å². The molecule has 5 atom stereocenters. The molecule has 29 heavy (non-hydrogen) atoms. The number of amides is 1. The Morgan fingerprint density at radius 1 is 1.07 bits per heavy atom. The van der Waals surface area contributed by atoms with E-state index in [1.165, 1.54) is 18.2 Å². The van der Waals surface area contributed by atoms with Crippen LogP contribution in [0.4, 0.5) is 4.39 Å². The molecule has 2 aromatic rings. The lowest BCUT2D eigenvalue weighted by molar-refractivity contribution is -0.137. The van der Waals surface area contributed by atoms with Gasteiger partial charge in [-0.1, -0.05) is 64.5 Å². The number of halogens is 2. The van der Waals surface area contributed by atoms with Crippen LogP contribution in [0, 0.1) is 17.7 Å². The van der Waals surface area contributed by atoms with E-state index in [0.717, 1.165) is 24.8 Å². The maximum atomic E-state index is 13.9. The predicted octanol–water partition coefficient (Wildman–Crippen LogP) is 4.87. The minimum atomic E-state index is -0.806. The largest absolute Gasteiger partial charge is 0.352 e. The Morgan fingerprint density at radius 2 is 1.79 bits per heavy atom. The third kappa shape index (κ3) is 4.20. The Bertz CT molecular complexity index is 929. The second-order valence-electron chi connectivity index (χ2n) is 7.86. The van der Waals surface area contributed by atoms with Gasteiger partial charge in [-0.15, -0.1) is 0 Å². The van der Waals surface area contributed by atoms with Crippen molar-refractivity contribution in [3.8, 4) is 0 Å². The van der Waals surface area contributed by atoms with E-state index in [4.69, 9.17) is 0 Å². The van der Waals surface area contributed by atoms with Gasteiger partial charge in [0.1, 0.15) is 11.7 Å². The van der Waals surface area contributed by atoms with Crippen LogP contribution in [0.1, 0.15) is 36.3 Å². The molecule has 150 valence electrons. The Morgan fingerprint density at radius 3 is 2.55 bits per heavy atom. The van der Waals surface area contributed by atoms with Crippen molar-refractivity contribution >= 4 is 33.7 Å². The molecule has 1 heterocycles. The third-order valence-electron chi connectivity index (χ3n) is 6.09. The van der Waals surface area contributed by atoms with Gasteiger partial charge in [0.2, 0.25) is 5.91 Å². The summed E-state index contributed by atoms with van der Waals surface area (Å²) in [5, 5.41) is 3.09. The standard InChI is InChI=1S/C24H23BrFNO2/c25-17-11-12-20-18(14-17)22(16-7-2-1-3-8-16)23(24(29)27-20)21(28)13-10-15-6-4-5-9-19(15)26/h1-10,13,17-18,20,22-23H,11-12,14H2,(H,27,29)/b13-10+. The number of ketones is 1. The van der Waals surface area contributed by atoms with Crippen LogP contribution in [0.2, 0.25) is 0 Å². The molecule has 1 aliphatic carbocycles. The van der Waals surface area contributed by atoms with Crippen LogP contribution in [0.25, 0.3) is 6.08 Å². The summed E-state index contributed by atoms with van der Waals surface area (Å²) >= 11 is 3.74. The van der Waals surface area contributed by atoms with E-state index in [2.05, 4.69) is 21.2 Å². The second kappa shape index (κ2) is 8.62. The lowest BCUT2D eigenvalue weighted by Crippen LogP contribution is -2.57. The number of hydrogen-bond acceptors (Lipinski definition) is 2. The van der Waals surface area contributed by atoms with E-state index in [1.807, 2.05) is 30.3 Å². The highest BCUT2D eigenvalue weighted by molar-refractivity contribution is 9.09. The Hall–Kier alpha value is -2.27. The molecule has 0 bridgehead atoms. The quantitative estimate of drug-likeness (QED) is 0.406. The molecule has 0 spiro atoms. The van der Waals surface area contributed by atoms with Crippen LogP contribution < -0.4 is 5.32 Å². The molecule has 2 fully saturated rings. The van der Waals surface area contributed by atoms with Crippen molar-refractivity contribution in [1.82, 2.24) is 5.32 Å². The minimum absolute atomic E-state index is 0.0844. The Labute approximate surface area is 178 Å². The number of carbonyl (C=O) groups is 2. The van der Waals surface area contributed by atoms with Crippen molar-refractivity contribution in [1.29, 1.82) is 0 Å². The number of nitrogens with one attached hydrogen (secondary N) is 1. The Kier molecular flexibility index (Phi) is 5.95. The van der Waals surface area contributed by atoms with Gasteiger partial charge in [0.15, 0.2) is 5.78 Å². The number of hydrogen-bond donors (Lipinski definition) is 1. The zero-order valence-corrected chi connectivity index (χ0v) is 17.5. The van der Waals surface area contributed by atoms with Crippen molar-refractivity contribution in [2.75, 3.05) is 0 Å². The topological polar surface area (TPSA) is 46.2 Å². The SMILES string of the molecule is O=C(/C=C/c1ccccc1F)C1C(=O)NC2CCC(Br)CC2C1c1ccccc1. The fraction of sp³-hybridized carbons (Fsp3) is 0.333. The number of allylic oxidation sites excluding steroid dienone is 1. The zero-order chi connectivity index (χ0) is 20.4. The number of rotatable bonds is 4. The van der Waals surface area contributed by atoms with Gasteiger partial charge in [0, 0.05) is 22.4 Å². The first-order chi connectivity index (χ1) is 14.0. The number of benzene rings is 2. The van der Waals surface area contributed by atoms with Crippen LogP contribution in [0.5, 0.6) is 0 Å². The third-order valence-corrected chi connectivity index (χ3v) is 6.92. The number of piperidine rings is 1. The first-order valence-corrected chi connectivity index (χ1v) is 10.9. The average molecular weight is 456 g/mol. The van der Waals surface area contributed by atoms with Gasteiger partial charge < -0.3 is 5.32 Å². The number of fused-ring (bicyclic) bond motifs is 1. The number of carbonyl (C=O) groups excluding carboxylic acids is 2. The van der Waals surface area contributed by atoms with E-state index in [0.29, 0.717) is 10.4 Å². The van der Waals surface area contributed by atoms with E-state index in [9.17, 15) is 14.0 Å². The average Bonchev–Trinajstić information content (AvgIpc) is 2.73. The molecule has 1 saturated heterocycles. The summed E-state index contributed by atoms with van der Waals surface area (Å²) in [5.41, 5.74) is 1.35. The fourth-order valence-corrected chi connectivity index (χ4v) is 5.41. The molecule has 0 radical (unpaired) electrons. The van der Waals surface area contributed by atoms with Crippen molar-refractivity contribution in [2.24, 2.45) is 11.8 Å². The molecule has 2 aliphatic rings. The molecule has 1 saturated carbocycles. The minimum Gasteiger partial charge on any atom is -0.352 e. The van der Waals surface area contributed by atoms with E-state index < -0.39 is 11.7 Å². The maximum absolute atomic E-state index is 13.9. The van der Waals surface area contributed by atoms with Gasteiger partial charge >= 0.3 is 0 Å². The van der Waals surface area contributed by atoms with Crippen LogP contribution in [0.3, 0.4) is 0 Å². The molecule has 1 N–H and O–H groups in total. The lowest BCUT2D eigenvalue weighted by atomic mass is 9.64. The summed E-state index contributed by atoms with van der Waals surface area (Å²) in [4.78, 5) is 26.5. The first kappa shape index (κ1) is 20.0. The lowest BCUT2D eigenvalue weighted by Gasteiger charge is -2.46. The molecular weight excluding hydrogens is 433 g/mol. The van der Waals surface area contributed by atoms with Gasteiger partial charge in [0.05, 0.1) is 0 Å². The van der Waals surface area contributed by atoms with Crippen molar-refractivity contribution in [3.63, 3.8) is 0 Å². The summed E-state index contributed by atoms with van der Waals surface area (Å²) in [5.74, 6) is -1.71. The molecule has 1 aliphatic heterocycles. The molecule has 5 heteroatoms. The molecular formula is C24H23BrFNO2. The monoisotopic (exact) mass is 455 g/mol. The normalized spacial score (nSPS) is 29.3. The van der Waals surface area contributed by atoms with E-state index in [1.54, 1.807) is 18.2 Å². The van der Waals surface area contributed by atoms with Crippen LogP contribution >= 0.6 is 15.9 Å². The zero-order valence-electron chi connectivity index (χ0n) is 15.9. The van der Waals surface area contributed by atoms with Gasteiger partial charge in [-0.05, 0) is 49.0 Å². The summed E-state index contributed by atoms with van der Waals surface area (Å²) in [6.45, 7) is 0. The highest BCUT2D eigenvalue weighted by Crippen LogP contribution is 2.45. The van der Waals surface area contributed by atoms with Crippen molar-refractivity contribution in [3.05, 3.63) is 77.6 Å². The summed E-state index contributed by atoms with van der Waals surface area (Å²) in [6, 6.07) is 16.2. The van der Waals surface area contributed by atoms with Gasteiger partial charge in [-0.25, -0.2) is 4.39 Å². The summed E-state index contributed by atoms with van der Waals surface area (Å²) in [7, 11) is 0. The smallest absolute Gasteiger partial charge is 0.231 e. The first-order valence-electron chi connectivity index (χ1n) is 10.0. The summed E-state index contributed by atoms with van der Waals surface area (Å²) in [6.07, 6.45) is 5.64. The molecule has 5 unspecified atom stereocenters. The molecule has 1 amide bonds. The highest BCUT2D eigenvalue weighted by atomic mass is 79.9. The summed E-state index contributed by atoms with van der Waals surface area (Å²) < 4.78 is 13.9. The van der Waals surface area contributed by atoms with Crippen LogP contribution in [0.15, 0.2) is 60.7 Å². The van der Waals surface area contributed by atoms with E-state index >= 15 is 0 Å². The molecule has 0 aromatic heterocycles. The predicted molar refractivity (Wildman–Crippen MR) is 115 cm³/mol. The number of alkyl halides is 1. The van der Waals surface area contributed by atoms with E-state index in [-0.39, 0.29) is 29.6 Å². The van der Waals surface area contributed by atoms with Crippen LogP contribution in [-0.4, -0.2) is 22.6 Å². The molecule has 4 rings (SSSR count). The van der Waals surface area contributed by atoms with Gasteiger partial charge in [-0.3, -0.25) is 9.59 Å². The van der Waals surface area contributed by atoms with Crippen molar-refractivity contribution < 1.29 is 14.0 Å². The highest BCUT2D eigenvalue weighted by Gasteiger charge is 2.48. The second-order valence-corrected chi connectivity index (χ2v) is 9.16. The van der Waals surface area contributed by atoms with Crippen LogP contribution in [-0.2, 0) is 9.59 Å². The molecule has 3 nitrogen and oxygen atoms in total. The van der Waals surface area contributed by atoms with Crippen molar-refractivity contribution in [2.45, 2.75) is 36.0 Å². The maximum Gasteiger partial charge on any atom is 0.231 e. The Balaban J connectivity index is 1.68. The van der Waals surface area contributed by atoms with Gasteiger partial charge in [-0.2, -0.15) is 0 Å². The fourth-order valence-electron chi connectivity index (χ4n) is 4.72.